The number of pyridine rings is 1. The van der Waals surface area contributed by atoms with Crippen molar-refractivity contribution in [3.8, 4) is 17.1 Å². The molecule has 160 valence electrons. The van der Waals surface area contributed by atoms with Crippen LogP contribution in [0.2, 0.25) is 0 Å². The zero-order chi connectivity index (χ0) is 18.9. The van der Waals surface area contributed by atoms with Gasteiger partial charge >= 0.3 is 0 Å². The number of ether oxygens (including phenoxy) is 1. The molecule has 2 aromatic heterocycles. The number of nitrogens with one attached hydrogen (secondary N) is 1. The van der Waals surface area contributed by atoms with Crippen LogP contribution in [0.25, 0.3) is 11.4 Å². The monoisotopic (exact) mass is 449 g/mol. The number of rotatable bonds is 3. The van der Waals surface area contributed by atoms with E-state index in [4.69, 9.17) is 14.2 Å². The minimum Gasteiger partial charge on any atom is -0.492 e. The van der Waals surface area contributed by atoms with Crippen LogP contribution < -0.4 is 10.1 Å². The third-order valence-electron chi connectivity index (χ3n) is 5.41. The Balaban J connectivity index is 0.00000128. The minimum atomic E-state index is 0. The van der Waals surface area contributed by atoms with Crippen LogP contribution in [0.1, 0.15) is 28.3 Å². The van der Waals surface area contributed by atoms with Gasteiger partial charge in [-0.15, -0.1) is 24.8 Å². The molecule has 30 heavy (non-hydrogen) atoms. The van der Waals surface area contributed by atoms with Gasteiger partial charge in [0.25, 0.3) is 0 Å². The molecule has 0 unspecified atom stereocenters. The van der Waals surface area contributed by atoms with Crippen molar-refractivity contribution in [3.05, 3.63) is 58.7 Å². The lowest BCUT2D eigenvalue weighted by molar-refractivity contribution is 0.196. The fourth-order valence-electron chi connectivity index (χ4n) is 3.99. The lowest BCUT2D eigenvalue weighted by atomic mass is 9.95. The Bertz CT molecular complexity index is 1010. The van der Waals surface area contributed by atoms with Gasteiger partial charge in [0.15, 0.2) is 0 Å². The van der Waals surface area contributed by atoms with E-state index in [1.165, 1.54) is 16.7 Å². The number of aryl methyl sites for hydroxylation is 1. The maximum Gasteiger partial charge on any atom is 0.241 e. The van der Waals surface area contributed by atoms with Crippen molar-refractivity contribution in [2.45, 2.75) is 33.0 Å². The molecule has 3 aromatic rings. The molecule has 0 fully saturated rings. The van der Waals surface area contributed by atoms with E-state index in [2.05, 4.69) is 26.4 Å². The maximum atomic E-state index is 5.85. The molecule has 0 saturated heterocycles. The molecular weight excluding hydrogens is 425 g/mol. The van der Waals surface area contributed by atoms with Gasteiger partial charge in [0.05, 0.1) is 6.54 Å². The molecule has 0 bridgehead atoms. The molecule has 9 heteroatoms. The summed E-state index contributed by atoms with van der Waals surface area (Å²) < 4.78 is 11.5. The standard InChI is InChI=1S/C21H23N5O2.2ClH/c1-14-20(17-6-7-22-10-16(17)11-23-14)21-24-19(28-25-21)13-26-8-9-27-18-5-3-2-4-15(18)12-26;;/h2-5,11,22H,6-10,12-13H2,1H3;2*1H. The summed E-state index contributed by atoms with van der Waals surface area (Å²) >= 11 is 0. The second kappa shape index (κ2) is 9.75. The molecule has 5 rings (SSSR count). The van der Waals surface area contributed by atoms with Crippen LogP contribution in [0.5, 0.6) is 5.75 Å². The summed E-state index contributed by atoms with van der Waals surface area (Å²) in [5, 5.41) is 7.67. The van der Waals surface area contributed by atoms with Crippen molar-refractivity contribution < 1.29 is 9.26 Å². The lowest BCUT2D eigenvalue weighted by Crippen LogP contribution is -2.25. The Hall–Kier alpha value is -2.19. The number of benzene rings is 1. The zero-order valence-corrected chi connectivity index (χ0v) is 18.4. The van der Waals surface area contributed by atoms with E-state index in [9.17, 15) is 0 Å². The van der Waals surface area contributed by atoms with Crippen LogP contribution in [0.4, 0.5) is 0 Å². The summed E-state index contributed by atoms with van der Waals surface area (Å²) in [7, 11) is 0. The number of para-hydroxylation sites is 1. The Kier molecular flexibility index (Phi) is 7.31. The van der Waals surface area contributed by atoms with Gasteiger partial charge < -0.3 is 14.6 Å². The molecule has 2 aliphatic heterocycles. The summed E-state index contributed by atoms with van der Waals surface area (Å²) in [5.41, 5.74) is 5.67. The normalized spacial score (nSPS) is 15.6. The van der Waals surface area contributed by atoms with Gasteiger partial charge in [-0.05, 0) is 37.1 Å². The van der Waals surface area contributed by atoms with Crippen LogP contribution in [-0.4, -0.2) is 39.7 Å². The highest BCUT2D eigenvalue weighted by Gasteiger charge is 2.22. The van der Waals surface area contributed by atoms with Gasteiger partial charge in [-0.1, -0.05) is 23.4 Å². The van der Waals surface area contributed by atoms with E-state index < -0.39 is 0 Å². The summed E-state index contributed by atoms with van der Waals surface area (Å²) in [6, 6.07) is 8.17. The highest BCUT2D eigenvalue weighted by molar-refractivity contribution is 5.85. The number of hydrogen-bond acceptors (Lipinski definition) is 7. The minimum absolute atomic E-state index is 0. The van der Waals surface area contributed by atoms with Gasteiger partial charge in [0, 0.05) is 42.7 Å². The first-order valence-corrected chi connectivity index (χ1v) is 9.72. The summed E-state index contributed by atoms with van der Waals surface area (Å²) in [5.74, 6) is 2.23. The van der Waals surface area contributed by atoms with Gasteiger partial charge in [-0.25, -0.2) is 0 Å². The number of fused-ring (bicyclic) bond motifs is 2. The number of nitrogens with zero attached hydrogens (tertiary/aromatic N) is 4. The highest BCUT2D eigenvalue weighted by Crippen LogP contribution is 2.29. The van der Waals surface area contributed by atoms with E-state index >= 15 is 0 Å². The summed E-state index contributed by atoms with van der Waals surface area (Å²) in [6.07, 6.45) is 2.91. The van der Waals surface area contributed by atoms with Crippen molar-refractivity contribution in [2.75, 3.05) is 19.7 Å². The molecule has 0 atom stereocenters. The Labute approximate surface area is 188 Å². The average molecular weight is 450 g/mol. The molecule has 0 aliphatic carbocycles. The van der Waals surface area contributed by atoms with E-state index in [1.807, 2.05) is 31.3 Å². The molecular formula is C21H25Cl2N5O2. The van der Waals surface area contributed by atoms with Crippen LogP contribution >= 0.6 is 24.8 Å². The Morgan fingerprint density at radius 3 is 2.93 bits per heavy atom. The zero-order valence-electron chi connectivity index (χ0n) is 16.8. The first-order chi connectivity index (χ1) is 13.8. The number of aromatic nitrogens is 3. The van der Waals surface area contributed by atoms with Gasteiger partial charge in [0.2, 0.25) is 11.7 Å². The molecule has 0 amide bonds. The summed E-state index contributed by atoms with van der Waals surface area (Å²) in [4.78, 5) is 11.5. The first kappa shape index (κ1) is 22.5. The van der Waals surface area contributed by atoms with Crippen LogP contribution in [0, 0.1) is 6.92 Å². The SMILES string of the molecule is Cc1ncc2c(c1-c1noc(CN3CCOc4ccccc4C3)n1)CCNC2.Cl.Cl. The van der Waals surface area contributed by atoms with Crippen LogP contribution in [0.15, 0.2) is 35.0 Å². The first-order valence-electron chi connectivity index (χ1n) is 9.72. The molecule has 0 radical (unpaired) electrons. The third kappa shape index (κ3) is 4.44. The lowest BCUT2D eigenvalue weighted by Gasteiger charge is -2.19. The highest BCUT2D eigenvalue weighted by atomic mass is 35.5. The Morgan fingerprint density at radius 2 is 2.03 bits per heavy atom. The van der Waals surface area contributed by atoms with Gasteiger partial charge in [-0.2, -0.15) is 4.98 Å². The van der Waals surface area contributed by atoms with Crippen LogP contribution in [-0.2, 0) is 26.1 Å². The quantitative estimate of drug-likeness (QED) is 0.656. The molecule has 0 spiro atoms. The van der Waals surface area contributed by atoms with E-state index in [0.717, 1.165) is 49.6 Å². The van der Waals surface area contributed by atoms with Crippen molar-refractivity contribution >= 4 is 24.8 Å². The average Bonchev–Trinajstić information content (AvgIpc) is 3.06. The maximum absolute atomic E-state index is 5.85. The third-order valence-corrected chi connectivity index (χ3v) is 5.41. The second-order valence-electron chi connectivity index (χ2n) is 7.33. The van der Waals surface area contributed by atoms with Crippen LogP contribution in [0.3, 0.4) is 0 Å². The van der Waals surface area contributed by atoms with Gasteiger partial charge in [0.1, 0.15) is 12.4 Å². The van der Waals surface area contributed by atoms with Crippen molar-refractivity contribution in [2.24, 2.45) is 0 Å². The van der Waals surface area contributed by atoms with E-state index in [-0.39, 0.29) is 24.8 Å². The Morgan fingerprint density at radius 1 is 1.17 bits per heavy atom. The predicted molar refractivity (Wildman–Crippen MR) is 118 cm³/mol. The van der Waals surface area contributed by atoms with Crippen molar-refractivity contribution in [1.82, 2.24) is 25.3 Å². The fraction of sp³-hybridized carbons (Fsp3) is 0.381. The van der Waals surface area contributed by atoms with Crippen molar-refractivity contribution in [3.63, 3.8) is 0 Å². The molecule has 7 nitrogen and oxygen atoms in total. The largest absolute Gasteiger partial charge is 0.492 e. The topological polar surface area (TPSA) is 76.3 Å². The smallest absolute Gasteiger partial charge is 0.241 e. The fourth-order valence-corrected chi connectivity index (χ4v) is 3.99. The molecule has 2 aliphatic rings. The molecule has 1 N–H and O–H groups in total. The molecule has 0 saturated carbocycles. The van der Waals surface area contributed by atoms with E-state index in [0.29, 0.717) is 24.9 Å². The molecule has 4 heterocycles. The van der Waals surface area contributed by atoms with Crippen molar-refractivity contribution in [1.29, 1.82) is 0 Å². The number of halogens is 2. The predicted octanol–water partition coefficient (Wildman–Crippen LogP) is 3.32. The van der Waals surface area contributed by atoms with E-state index in [1.54, 1.807) is 0 Å². The molecule has 1 aromatic carbocycles. The number of hydrogen-bond donors (Lipinski definition) is 1. The second-order valence-corrected chi connectivity index (χ2v) is 7.33. The summed E-state index contributed by atoms with van der Waals surface area (Å²) in [6.45, 7) is 6.69. The van der Waals surface area contributed by atoms with Gasteiger partial charge in [-0.3, -0.25) is 9.88 Å².